The third kappa shape index (κ3) is 7.29. The molecule has 0 radical (unpaired) electrons. The topological polar surface area (TPSA) is 74.8 Å². The normalized spacial score (nSPS) is 10.6. The van der Waals surface area contributed by atoms with Crippen molar-refractivity contribution in [2.75, 3.05) is 27.2 Å². The van der Waals surface area contributed by atoms with Gasteiger partial charge in [-0.25, -0.2) is 8.78 Å². The minimum atomic E-state index is -0.503. The predicted octanol–water partition coefficient (Wildman–Crippen LogP) is 2.69. The maximum atomic E-state index is 13.6. The molecule has 152 valence electrons. The van der Waals surface area contributed by atoms with E-state index >= 15 is 0 Å². The Kier molecular flexibility index (Phi) is 10.2. The van der Waals surface area contributed by atoms with E-state index in [1.54, 1.807) is 31.3 Å². The maximum absolute atomic E-state index is 13.6. The van der Waals surface area contributed by atoms with Crippen molar-refractivity contribution in [1.82, 2.24) is 16.0 Å². The van der Waals surface area contributed by atoms with Crippen LogP contribution in [-0.2, 0) is 6.54 Å². The van der Waals surface area contributed by atoms with Gasteiger partial charge in [0.15, 0.2) is 5.96 Å². The van der Waals surface area contributed by atoms with E-state index in [9.17, 15) is 13.6 Å². The second kappa shape index (κ2) is 12.1. The predicted molar refractivity (Wildman–Crippen MR) is 115 cm³/mol. The van der Waals surface area contributed by atoms with E-state index in [1.807, 2.05) is 0 Å². The largest absolute Gasteiger partial charge is 0.497 e. The Labute approximate surface area is 179 Å². The van der Waals surface area contributed by atoms with E-state index in [0.29, 0.717) is 30.4 Å². The number of methoxy groups -OCH3 is 1. The molecule has 28 heavy (non-hydrogen) atoms. The molecule has 9 heteroatoms. The number of aliphatic imine (C=N–C) groups is 1. The van der Waals surface area contributed by atoms with Gasteiger partial charge < -0.3 is 20.7 Å². The highest BCUT2D eigenvalue weighted by Gasteiger charge is 2.07. The molecule has 0 unspecified atom stereocenters. The standard InChI is InChI=1S/C19H22F2N4O2.HI/c1-22-19(25-12-14-10-15(20)6-7-17(14)21)24-9-8-23-18(26)13-4-3-5-16(11-13)27-2;/h3-7,10-11H,8-9,12H2,1-2H3,(H,23,26)(H2,22,24,25);1H. The molecule has 0 aliphatic heterocycles. The van der Waals surface area contributed by atoms with E-state index < -0.39 is 11.6 Å². The first-order chi connectivity index (χ1) is 13.0. The zero-order valence-electron chi connectivity index (χ0n) is 15.6. The maximum Gasteiger partial charge on any atom is 0.251 e. The smallest absolute Gasteiger partial charge is 0.251 e. The number of nitrogens with one attached hydrogen (secondary N) is 3. The fraction of sp³-hybridized carbons (Fsp3) is 0.263. The van der Waals surface area contributed by atoms with Gasteiger partial charge in [0.25, 0.3) is 5.91 Å². The molecule has 0 heterocycles. The van der Waals surface area contributed by atoms with Gasteiger partial charge in [0, 0.05) is 37.8 Å². The fourth-order valence-electron chi connectivity index (χ4n) is 2.30. The van der Waals surface area contributed by atoms with Crippen molar-refractivity contribution in [3.8, 4) is 5.75 Å². The number of carbonyl (C=O) groups excluding carboxylic acids is 1. The summed E-state index contributed by atoms with van der Waals surface area (Å²) < 4.78 is 31.9. The van der Waals surface area contributed by atoms with Gasteiger partial charge in [-0.3, -0.25) is 9.79 Å². The molecule has 3 N–H and O–H groups in total. The number of rotatable bonds is 7. The monoisotopic (exact) mass is 504 g/mol. The summed E-state index contributed by atoms with van der Waals surface area (Å²) in [6, 6.07) is 10.1. The lowest BCUT2D eigenvalue weighted by atomic mass is 10.2. The van der Waals surface area contributed by atoms with Crippen molar-refractivity contribution < 1.29 is 18.3 Å². The molecule has 0 saturated carbocycles. The van der Waals surface area contributed by atoms with Crippen molar-refractivity contribution in [3.05, 3.63) is 65.2 Å². The summed E-state index contributed by atoms with van der Waals surface area (Å²) in [5.74, 6) is -0.203. The van der Waals surface area contributed by atoms with Crippen LogP contribution in [0.2, 0.25) is 0 Å². The Morgan fingerprint density at radius 1 is 1.07 bits per heavy atom. The number of amides is 1. The van der Waals surface area contributed by atoms with Crippen LogP contribution < -0.4 is 20.7 Å². The average Bonchev–Trinajstić information content (AvgIpc) is 2.69. The van der Waals surface area contributed by atoms with Gasteiger partial charge in [-0.1, -0.05) is 6.07 Å². The van der Waals surface area contributed by atoms with Crippen molar-refractivity contribution in [1.29, 1.82) is 0 Å². The van der Waals surface area contributed by atoms with E-state index in [0.717, 1.165) is 18.2 Å². The van der Waals surface area contributed by atoms with Crippen LogP contribution in [0.4, 0.5) is 8.78 Å². The fourth-order valence-corrected chi connectivity index (χ4v) is 2.30. The minimum Gasteiger partial charge on any atom is -0.497 e. The Bertz CT molecular complexity index is 818. The Balaban J connectivity index is 0.00000392. The Morgan fingerprint density at radius 3 is 2.54 bits per heavy atom. The first-order valence-corrected chi connectivity index (χ1v) is 8.34. The van der Waals surface area contributed by atoms with Crippen LogP contribution >= 0.6 is 24.0 Å². The first-order valence-electron chi connectivity index (χ1n) is 8.34. The summed E-state index contributed by atoms with van der Waals surface area (Å²) >= 11 is 0. The van der Waals surface area contributed by atoms with Crippen LogP contribution in [-0.4, -0.2) is 39.1 Å². The first kappa shape index (κ1) is 23.6. The lowest BCUT2D eigenvalue weighted by Crippen LogP contribution is -2.41. The van der Waals surface area contributed by atoms with E-state index in [-0.39, 0.29) is 42.0 Å². The van der Waals surface area contributed by atoms with Gasteiger partial charge in [0.2, 0.25) is 0 Å². The lowest BCUT2D eigenvalue weighted by Gasteiger charge is -2.13. The lowest BCUT2D eigenvalue weighted by molar-refractivity contribution is 0.0954. The zero-order chi connectivity index (χ0) is 19.6. The average molecular weight is 504 g/mol. The molecule has 0 fully saturated rings. The van der Waals surface area contributed by atoms with Gasteiger partial charge in [0.05, 0.1) is 7.11 Å². The van der Waals surface area contributed by atoms with Crippen LogP contribution in [0.1, 0.15) is 15.9 Å². The molecule has 0 aliphatic carbocycles. The van der Waals surface area contributed by atoms with Crippen LogP contribution in [0.15, 0.2) is 47.5 Å². The van der Waals surface area contributed by atoms with E-state index in [4.69, 9.17) is 4.74 Å². The Morgan fingerprint density at radius 2 is 1.82 bits per heavy atom. The summed E-state index contributed by atoms with van der Waals surface area (Å²) in [6.45, 7) is 0.839. The number of hydrogen-bond acceptors (Lipinski definition) is 3. The Hall–Kier alpha value is -2.43. The molecule has 0 bridgehead atoms. The second-order valence-electron chi connectivity index (χ2n) is 5.58. The quantitative estimate of drug-likeness (QED) is 0.235. The SMILES string of the molecule is CN=C(NCCNC(=O)c1cccc(OC)c1)NCc1cc(F)ccc1F.I. The summed E-state index contributed by atoms with van der Waals surface area (Å²) in [5, 5.41) is 8.65. The molecule has 0 saturated heterocycles. The third-order valence-electron chi connectivity index (χ3n) is 3.71. The molecular weight excluding hydrogens is 481 g/mol. The van der Waals surface area contributed by atoms with Crippen molar-refractivity contribution in [3.63, 3.8) is 0 Å². The van der Waals surface area contributed by atoms with Gasteiger partial charge in [-0.15, -0.1) is 24.0 Å². The number of benzene rings is 2. The minimum absolute atomic E-state index is 0. The number of nitrogens with zero attached hydrogens (tertiary/aromatic N) is 1. The second-order valence-corrected chi connectivity index (χ2v) is 5.58. The number of halogens is 3. The van der Waals surface area contributed by atoms with Crippen molar-refractivity contribution >= 4 is 35.8 Å². The molecule has 2 aromatic carbocycles. The van der Waals surface area contributed by atoms with E-state index in [1.165, 1.54) is 7.11 Å². The molecule has 0 spiro atoms. The number of guanidine groups is 1. The molecule has 1 amide bonds. The van der Waals surface area contributed by atoms with Crippen molar-refractivity contribution in [2.24, 2.45) is 4.99 Å². The third-order valence-corrected chi connectivity index (χ3v) is 3.71. The molecule has 6 nitrogen and oxygen atoms in total. The number of hydrogen-bond donors (Lipinski definition) is 3. The number of ether oxygens (including phenoxy) is 1. The molecule has 0 atom stereocenters. The highest BCUT2D eigenvalue weighted by molar-refractivity contribution is 14.0. The molecular formula is C19H23F2IN4O2. The van der Waals surface area contributed by atoms with Crippen molar-refractivity contribution in [2.45, 2.75) is 6.54 Å². The number of carbonyl (C=O) groups is 1. The van der Waals surface area contributed by atoms with Crippen LogP contribution in [0.25, 0.3) is 0 Å². The van der Waals surface area contributed by atoms with Crippen LogP contribution in [0.5, 0.6) is 5.75 Å². The van der Waals surface area contributed by atoms with Gasteiger partial charge in [0.1, 0.15) is 17.4 Å². The van der Waals surface area contributed by atoms with Crippen LogP contribution in [0.3, 0.4) is 0 Å². The molecule has 0 aliphatic rings. The molecule has 2 aromatic rings. The van der Waals surface area contributed by atoms with Gasteiger partial charge >= 0.3 is 0 Å². The van der Waals surface area contributed by atoms with Gasteiger partial charge in [-0.05, 0) is 36.4 Å². The van der Waals surface area contributed by atoms with Gasteiger partial charge in [-0.2, -0.15) is 0 Å². The summed E-state index contributed by atoms with van der Waals surface area (Å²) in [5.41, 5.74) is 0.697. The highest BCUT2D eigenvalue weighted by Crippen LogP contribution is 2.12. The zero-order valence-corrected chi connectivity index (χ0v) is 17.9. The summed E-state index contributed by atoms with van der Waals surface area (Å²) in [4.78, 5) is 16.1. The summed E-state index contributed by atoms with van der Waals surface area (Å²) in [7, 11) is 3.10. The molecule has 0 aromatic heterocycles. The summed E-state index contributed by atoms with van der Waals surface area (Å²) in [6.07, 6.45) is 0. The molecule has 2 rings (SSSR count). The highest BCUT2D eigenvalue weighted by atomic mass is 127. The van der Waals surface area contributed by atoms with E-state index in [2.05, 4.69) is 20.9 Å². The van der Waals surface area contributed by atoms with Crippen LogP contribution in [0, 0.1) is 11.6 Å².